The van der Waals surface area contributed by atoms with Gasteiger partial charge in [-0.2, -0.15) is 0 Å². The fourth-order valence-electron chi connectivity index (χ4n) is 3.02. The molecule has 2 aromatic rings. The SMILES string of the molecule is O=C(O)CCCCCCCCC(=O)O.O=C(O)c1ccc(C(=O)O)cc1.O=C(O)c1cccc(C(=O)O)c1.OCCCCO. The van der Waals surface area contributed by atoms with Crippen LogP contribution < -0.4 is 0 Å². The lowest BCUT2D eigenvalue weighted by molar-refractivity contribution is -0.138. The van der Waals surface area contributed by atoms with Crippen molar-refractivity contribution in [1.29, 1.82) is 0 Å². The number of aromatic carboxylic acids is 4. The number of aliphatic hydroxyl groups is 2. The summed E-state index contributed by atoms with van der Waals surface area (Å²) in [6.07, 6.45) is 7.26. The number of unbranched alkanes of at least 4 members (excludes halogenated alkanes) is 6. The second-order valence-corrected chi connectivity index (χ2v) is 8.94. The van der Waals surface area contributed by atoms with Crippen LogP contribution in [0.1, 0.15) is 106 Å². The number of hydrogen-bond donors (Lipinski definition) is 8. The van der Waals surface area contributed by atoms with Crippen molar-refractivity contribution in [2.24, 2.45) is 0 Å². The van der Waals surface area contributed by atoms with Gasteiger partial charge in [-0.25, -0.2) is 19.2 Å². The molecule has 0 atom stereocenters. The van der Waals surface area contributed by atoms with E-state index >= 15 is 0 Å². The van der Waals surface area contributed by atoms with Crippen molar-refractivity contribution in [2.45, 2.75) is 64.2 Å². The molecule has 0 aliphatic carbocycles. The Bertz CT molecular complexity index is 1070. The highest BCUT2D eigenvalue weighted by Gasteiger charge is 2.07. The van der Waals surface area contributed by atoms with Gasteiger partial charge in [-0.1, -0.05) is 31.7 Å². The molecule has 0 unspecified atom stereocenters. The van der Waals surface area contributed by atoms with Gasteiger partial charge in [0.1, 0.15) is 0 Å². The highest BCUT2D eigenvalue weighted by atomic mass is 16.4. The zero-order valence-corrected chi connectivity index (χ0v) is 24.1. The van der Waals surface area contributed by atoms with Crippen LogP contribution in [0.5, 0.6) is 0 Å². The van der Waals surface area contributed by atoms with Gasteiger partial charge in [0.2, 0.25) is 0 Å². The van der Waals surface area contributed by atoms with E-state index in [1.165, 1.54) is 42.5 Å². The summed E-state index contributed by atoms with van der Waals surface area (Å²) in [7, 11) is 0. The van der Waals surface area contributed by atoms with Gasteiger partial charge >= 0.3 is 35.8 Å². The molecule has 14 heteroatoms. The summed E-state index contributed by atoms with van der Waals surface area (Å²) in [5, 5.41) is 66.8. The van der Waals surface area contributed by atoms with Crippen LogP contribution in [0.25, 0.3) is 0 Å². The predicted octanol–water partition coefficient (Wildman–Crippen LogP) is 4.19. The van der Waals surface area contributed by atoms with Crippen molar-refractivity contribution in [3.05, 3.63) is 70.8 Å². The number of aliphatic hydroxyl groups excluding tert-OH is 2. The molecular formula is C30H40O14. The van der Waals surface area contributed by atoms with Crippen LogP contribution >= 0.6 is 0 Å². The first-order valence-electron chi connectivity index (χ1n) is 13.5. The van der Waals surface area contributed by atoms with Crippen molar-refractivity contribution in [1.82, 2.24) is 0 Å². The minimum atomic E-state index is -1.13. The molecule has 44 heavy (non-hydrogen) atoms. The maximum atomic E-state index is 10.4. The Morgan fingerprint density at radius 2 is 0.705 bits per heavy atom. The highest BCUT2D eigenvalue weighted by Crippen LogP contribution is 2.08. The second-order valence-electron chi connectivity index (χ2n) is 8.94. The second kappa shape index (κ2) is 25.9. The summed E-state index contributed by atoms with van der Waals surface area (Å²) in [5.41, 5.74) is 0.129. The van der Waals surface area contributed by atoms with Crippen LogP contribution in [-0.4, -0.2) is 89.9 Å². The van der Waals surface area contributed by atoms with Crippen molar-refractivity contribution in [2.75, 3.05) is 13.2 Å². The molecule has 244 valence electrons. The average molecular weight is 625 g/mol. The van der Waals surface area contributed by atoms with E-state index in [0.29, 0.717) is 0 Å². The number of carboxylic acids is 6. The maximum absolute atomic E-state index is 10.4. The minimum Gasteiger partial charge on any atom is -0.481 e. The van der Waals surface area contributed by atoms with E-state index in [0.717, 1.165) is 57.4 Å². The molecule has 0 heterocycles. The molecule has 0 aliphatic heterocycles. The Labute approximate surface area is 253 Å². The van der Waals surface area contributed by atoms with Crippen LogP contribution in [0, 0.1) is 0 Å². The van der Waals surface area contributed by atoms with Gasteiger partial charge in [-0.05, 0) is 68.1 Å². The highest BCUT2D eigenvalue weighted by molar-refractivity contribution is 5.93. The largest absolute Gasteiger partial charge is 0.481 e. The number of carboxylic acid groups (broad SMARTS) is 6. The molecule has 0 amide bonds. The van der Waals surface area contributed by atoms with Gasteiger partial charge in [-0.3, -0.25) is 9.59 Å². The molecule has 0 aliphatic rings. The van der Waals surface area contributed by atoms with Crippen LogP contribution in [0.15, 0.2) is 48.5 Å². The van der Waals surface area contributed by atoms with E-state index in [1.54, 1.807) is 0 Å². The number of rotatable bonds is 16. The number of hydrogen-bond acceptors (Lipinski definition) is 8. The smallest absolute Gasteiger partial charge is 0.335 e. The van der Waals surface area contributed by atoms with Crippen LogP contribution in [0.3, 0.4) is 0 Å². The number of aliphatic carboxylic acids is 2. The standard InChI is InChI=1S/C10H18O4.2C8H6O4.C4H10O2/c11-9(12)7-5-3-1-2-4-6-8-10(13)14;9-7(10)5-1-2-6(4-3-5)8(11)12;9-7(10)5-2-1-3-6(4-5)8(11)12;5-3-1-2-4-6/h1-8H2,(H,11,12)(H,13,14);2*1-4H,(H,9,10)(H,11,12);5-6H,1-4H2. The first-order valence-corrected chi connectivity index (χ1v) is 13.5. The summed E-state index contributed by atoms with van der Waals surface area (Å²) in [6.45, 7) is 0.390. The quantitative estimate of drug-likeness (QED) is 0.122. The number of benzene rings is 2. The minimum absolute atomic E-state index is 0.0186. The van der Waals surface area contributed by atoms with E-state index in [1.807, 2.05) is 0 Å². The first-order chi connectivity index (χ1) is 20.8. The fourth-order valence-corrected chi connectivity index (χ4v) is 3.02. The Kier molecular flexibility index (Phi) is 24.3. The fraction of sp³-hybridized carbons (Fsp3) is 0.400. The van der Waals surface area contributed by atoms with Crippen molar-refractivity contribution in [3.63, 3.8) is 0 Å². The molecule has 0 saturated carbocycles. The van der Waals surface area contributed by atoms with Gasteiger partial charge in [0.05, 0.1) is 22.3 Å². The molecule has 0 spiro atoms. The van der Waals surface area contributed by atoms with Crippen LogP contribution in [0.2, 0.25) is 0 Å². The third kappa shape index (κ3) is 23.8. The first kappa shape index (κ1) is 41.3. The normalized spacial score (nSPS) is 9.50. The molecular weight excluding hydrogens is 584 g/mol. The topological polar surface area (TPSA) is 264 Å². The van der Waals surface area contributed by atoms with Gasteiger partial charge in [-0.15, -0.1) is 0 Å². The summed E-state index contributed by atoms with van der Waals surface area (Å²) in [5.74, 6) is -5.86. The van der Waals surface area contributed by atoms with E-state index in [-0.39, 0.29) is 48.3 Å². The molecule has 0 aromatic heterocycles. The lowest BCUT2D eigenvalue weighted by Crippen LogP contribution is -2.01. The maximum Gasteiger partial charge on any atom is 0.335 e. The Hall–Kier alpha value is -4.82. The van der Waals surface area contributed by atoms with E-state index in [4.69, 9.17) is 40.9 Å². The van der Waals surface area contributed by atoms with E-state index in [2.05, 4.69) is 0 Å². The summed E-state index contributed by atoms with van der Waals surface area (Å²) >= 11 is 0. The number of carbonyl (C=O) groups is 6. The monoisotopic (exact) mass is 624 g/mol. The zero-order valence-electron chi connectivity index (χ0n) is 24.1. The molecule has 0 radical (unpaired) electrons. The Balaban J connectivity index is 0. The van der Waals surface area contributed by atoms with E-state index < -0.39 is 35.8 Å². The van der Waals surface area contributed by atoms with Gasteiger partial charge in [0, 0.05) is 26.1 Å². The lowest BCUT2D eigenvalue weighted by Gasteiger charge is -1.98. The van der Waals surface area contributed by atoms with Crippen molar-refractivity contribution >= 4 is 35.8 Å². The van der Waals surface area contributed by atoms with Crippen molar-refractivity contribution < 1.29 is 69.6 Å². The van der Waals surface area contributed by atoms with Gasteiger partial charge in [0.25, 0.3) is 0 Å². The van der Waals surface area contributed by atoms with Crippen LogP contribution in [-0.2, 0) is 9.59 Å². The van der Waals surface area contributed by atoms with Crippen molar-refractivity contribution in [3.8, 4) is 0 Å². The van der Waals surface area contributed by atoms with Crippen LogP contribution in [0.4, 0.5) is 0 Å². The predicted molar refractivity (Wildman–Crippen MR) is 156 cm³/mol. The Morgan fingerprint density at radius 3 is 0.955 bits per heavy atom. The average Bonchev–Trinajstić information content (AvgIpc) is 2.98. The molecule has 2 rings (SSSR count). The summed E-state index contributed by atoms with van der Waals surface area (Å²) in [4.78, 5) is 61.7. The van der Waals surface area contributed by atoms with E-state index in [9.17, 15) is 28.8 Å². The molecule has 2 aromatic carbocycles. The van der Waals surface area contributed by atoms with Gasteiger partial charge in [0.15, 0.2) is 0 Å². The Morgan fingerprint density at radius 1 is 0.409 bits per heavy atom. The molecule has 0 fully saturated rings. The molecule has 0 bridgehead atoms. The molecule has 14 nitrogen and oxygen atoms in total. The summed E-state index contributed by atoms with van der Waals surface area (Å²) < 4.78 is 0. The lowest BCUT2D eigenvalue weighted by atomic mass is 10.1. The zero-order chi connectivity index (χ0) is 33.9. The van der Waals surface area contributed by atoms with Gasteiger partial charge < -0.3 is 40.9 Å². The third-order valence-corrected chi connectivity index (χ3v) is 5.33. The molecule has 8 N–H and O–H groups in total. The molecule has 0 saturated heterocycles. The summed E-state index contributed by atoms with van der Waals surface area (Å²) in [6, 6.07) is 10.2. The third-order valence-electron chi connectivity index (χ3n) is 5.33.